The van der Waals surface area contributed by atoms with E-state index in [0.717, 1.165) is 4.90 Å². The van der Waals surface area contributed by atoms with Crippen LogP contribution in [-0.2, 0) is 16.1 Å². The van der Waals surface area contributed by atoms with E-state index < -0.39 is 18.0 Å². The Morgan fingerprint density at radius 3 is 2.68 bits per heavy atom. The van der Waals surface area contributed by atoms with Crippen molar-refractivity contribution >= 4 is 17.6 Å². The van der Waals surface area contributed by atoms with Crippen LogP contribution < -0.4 is 9.64 Å². The molecular formula is C16H14F2N2O5. The molecule has 1 aliphatic heterocycles. The summed E-state index contributed by atoms with van der Waals surface area (Å²) >= 11 is 0. The first-order valence-electron chi connectivity index (χ1n) is 7.27. The van der Waals surface area contributed by atoms with Gasteiger partial charge in [0.05, 0.1) is 30.6 Å². The Morgan fingerprint density at radius 2 is 2.08 bits per heavy atom. The average molecular weight is 352 g/mol. The number of aromatic nitrogens is 1. The van der Waals surface area contributed by atoms with Crippen molar-refractivity contribution in [2.24, 2.45) is 0 Å². The third kappa shape index (κ3) is 2.81. The maximum absolute atomic E-state index is 13.9. The molecule has 3 rings (SSSR count). The first-order valence-corrected chi connectivity index (χ1v) is 7.27. The highest BCUT2D eigenvalue weighted by molar-refractivity contribution is 6.02. The second-order valence-electron chi connectivity index (χ2n) is 5.49. The molecule has 0 unspecified atom stereocenters. The smallest absolute Gasteiger partial charge is 0.465 e. The molecule has 0 radical (unpaired) electrons. The van der Waals surface area contributed by atoms with E-state index in [1.807, 2.05) is 0 Å². The van der Waals surface area contributed by atoms with Gasteiger partial charge in [-0.1, -0.05) is 5.16 Å². The van der Waals surface area contributed by atoms with Gasteiger partial charge in [-0.25, -0.2) is 4.79 Å². The number of anilines is 1. The second-order valence-corrected chi connectivity index (χ2v) is 5.49. The molecular weight excluding hydrogens is 338 g/mol. The zero-order chi connectivity index (χ0) is 18.4. The quantitative estimate of drug-likeness (QED) is 0.790. The minimum absolute atomic E-state index is 0.0406. The number of nitrogens with zero attached hydrogens (tertiary/aromatic N) is 2. The fraction of sp³-hybridized carbons (Fsp3) is 0.312. The average Bonchev–Trinajstić information content (AvgIpc) is 2.89. The highest BCUT2D eigenvalue weighted by Gasteiger charge is 2.50. The van der Waals surface area contributed by atoms with E-state index in [2.05, 4.69) is 14.6 Å². The van der Waals surface area contributed by atoms with Crippen LogP contribution in [0.2, 0.25) is 0 Å². The largest absolute Gasteiger partial charge is 0.482 e. The van der Waals surface area contributed by atoms with Crippen molar-refractivity contribution in [2.45, 2.75) is 26.5 Å². The number of carbonyl (C=O) groups excluding carboxylic acids is 2. The fourth-order valence-corrected chi connectivity index (χ4v) is 2.55. The summed E-state index contributed by atoms with van der Waals surface area (Å²) in [6.07, 6.45) is -4.02. The van der Waals surface area contributed by atoms with Crippen LogP contribution in [0.1, 0.15) is 27.4 Å². The van der Waals surface area contributed by atoms with Crippen molar-refractivity contribution in [3.05, 3.63) is 40.8 Å². The number of esters is 1. The van der Waals surface area contributed by atoms with Crippen LogP contribution in [0.15, 0.2) is 22.7 Å². The molecule has 0 aliphatic carbocycles. The molecule has 1 aliphatic rings. The maximum atomic E-state index is 13.9. The monoisotopic (exact) mass is 352 g/mol. The van der Waals surface area contributed by atoms with E-state index in [4.69, 9.17) is 4.52 Å². The first kappa shape index (κ1) is 16.9. The van der Waals surface area contributed by atoms with Crippen LogP contribution in [0.5, 0.6) is 5.75 Å². The summed E-state index contributed by atoms with van der Waals surface area (Å²) in [4.78, 5) is 24.7. The Hall–Kier alpha value is -2.97. The SMILES string of the molecule is COC(=O)c1ccc2c(c1)N(Cc1c(C)noc1C)C(=O)C(F)(F)O2. The van der Waals surface area contributed by atoms with Crippen molar-refractivity contribution in [1.29, 1.82) is 0 Å². The summed E-state index contributed by atoms with van der Waals surface area (Å²) in [5.41, 5.74) is 1.12. The molecule has 0 fully saturated rings. The van der Waals surface area contributed by atoms with E-state index in [1.54, 1.807) is 13.8 Å². The minimum atomic E-state index is -4.02. The van der Waals surface area contributed by atoms with E-state index >= 15 is 0 Å². The lowest BCUT2D eigenvalue weighted by Crippen LogP contribution is -2.50. The zero-order valence-corrected chi connectivity index (χ0v) is 13.6. The van der Waals surface area contributed by atoms with Gasteiger partial charge in [0.1, 0.15) is 5.76 Å². The highest BCUT2D eigenvalue weighted by atomic mass is 19.3. The number of hydrogen-bond donors (Lipinski definition) is 0. The molecule has 0 saturated carbocycles. The molecule has 0 bridgehead atoms. The number of aryl methyl sites for hydroxylation is 2. The molecule has 2 heterocycles. The number of fused-ring (bicyclic) bond motifs is 1. The van der Waals surface area contributed by atoms with Crippen molar-refractivity contribution in [1.82, 2.24) is 5.16 Å². The van der Waals surface area contributed by atoms with Crippen molar-refractivity contribution in [3.8, 4) is 5.75 Å². The third-order valence-corrected chi connectivity index (χ3v) is 3.90. The highest BCUT2D eigenvalue weighted by Crippen LogP contribution is 2.41. The summed E-state index contributed by atoms with van der Waals surface area (Å²) in [6, 6.07) is 3.75. The topological polar surface area (TPSA) is 81.9 Å². The minimum Gasteiger partial charge on any atom is -0.465 e. The first-order chi connectivity index (χ1) is 11.7. The predicted molar refractivity (Wildman–Crippen MR) is 80.5 cm³/mol. The Morgan fingerprint density at radius 1 is 1.36 bits per heavy atom. The number of amides is 1. The number of halogens is 2. The Balaban J connectivity index is 2.10. The number of methoxy groups -OCH3 is 1. The van der Waals surface area contributed by atoms with Gasteiger partial charge in [-0.2, -0.15) is 8.78 Å². The molecule has 0 N–H and O–H groups in total. The van der Waals surface area contributed by atoms with Crippen LogP contribution in [0, 0.1) is 13.8 Å². The maximum Gasteiger partial charge on any atom is 0.482 e. The summed E-state index contributed by atoms with van der Waals surface area (Å²) in [6.45, 7) is 3.06. The number of benzene rings is 1. The molecule has 0 spiro atoms. The zero-order valence-electron chi connectivity index (χ0n) is 13.6. The number of rotatable bonds is 3. The van der Waals surface area contributed by atoms with Crippen LogP contribution in [-0.4, -0.2) is 30.3 Å². The van der Waals surface area contributed by atoms with Crippen LogP contribution in [0.3, 0.4) is 0 Å². The molecule has 0 saturated heterocycles. The predicted octanol–water partition coefficient (Wildman–Crippen LogP) is 2.60. The lowest BCUT2D eigenvalue weighted by Gasteiger charge is -2.33. The normalized spacial score (nSPS) is 15.6. The summed E-state index contributed by atoms with van der Waals surface area (Å²) in [5, 5.41) is 3.75. The third-order valence-electron chi connectivity index (χ3n) is 3.90. The Bertz CT molecular complexity index is 843. The molecule has 9 heteroatoms. The van der Waals surface area contributed by atoms with Gasteiger partial charge in [0.2, 0.25) is 0 Å². The van der Waals surface area contributed by atoms with Crippen molar-refractivity contribution in [2.75, 3.05) is 12.0 Å². The van der Waals surface area contributed by atoms with E-state index in [0.29, 0.717) is 17.0 Å². The molecule has 1 aromatic heterocycles. The lowest BCUT2D eigenvalue weighted by molar-refractivity contribution is -0.193. The summed E-state index contributed by atoms with van der Waals surface area (Å²) in [5.74, 6) is -2.01. The van der Waals surface area contributed by atoms with Gasteiger partial charge in [0, 0.05) is 5.56 Å². The lowest BCUT2D eigenvalue weighted by atomic mass is 10.1. The van der Waals surface area contributed by atoms with Crippen LogP contribution in [0.25, 0.3) is 0 Å². The fourth-order valence-electron chi connectivity index (χ4n) is 2.55. The second kappa shape index (κ2) is 5.83. The standard InChI is InChI=1S/C16H14F2N2O5/c1-8-11(9(2)25-19-8)7-20-12-6-10(14(21)23-3)4-5-13(12)24-16(17,18)15(20)22/h4-6H,7H2,1-3H3. The van der Waals surface area contributed by atoms with E-state index in [1.165, 1.54) is 25.3 Å². The van der Waals surface area contributed by atoms with Gasteiger partial charge in [-0.05, 0) is 32.0 Å². The van der Waals surface area contributed by atoms with Gasteiger partial charge in [-0.3, -0.25) is 9.69 Å². The van der Waals surface area contributed by atoms with Gasteiger partial charge in [0.25, 0.3) is 0 Å². The molecule has 132 valence electrons. The summed E-state index contributed by atoms with van der Waals surface area (Å²) < 4.78 is 42.0. The van der Waals surface area contributed by atoms with E-state index in [-0.39, 0.29) is 23.5 Å². The van der Waals surface area contributed by atoms with Crippen molar-refractivity contribution in [3.63, 3.8) is 0 Å². The molecule has 1 amide bonds. The van der Waals surface area contributed by atoms with Crippen LogP contribution >= 0.6 is 0 Å². The van der Waals surface area contributed by atoms with Gasteiger partial charge in [-0.15, -0.1) is 0 Å². The summed E-state index contributed by atoms with van der Waals surface area (Å²) in [7, 11) is 1.19. The molecule has 25 heavy (non-hydrogen) atoms. The van der Waals surface area contributed by atoms with Gasteiger partial charge < -0.3 is 14.0 Å². The number of alkyl halides is 2. The molecule has 2 aromatic rings. The number of hydrogen-bond acceptors (Lipinski definition) is 6. The Labute approximate surface area is 141 Å². The van der Waals surface area contributed by atoms with Crippen molar-refractivity contribution < 1.29 is 32.4 Å². The number of carbonyl (C=O) groups is 2. The Kier molecular flexibility index (Phi) is 3.94. The van der Waals surface area contributed by atoms with Crippen LogP contribution in [0.4, 0.5) is 14.5 Å². The van der Waals surface area contributed by atoms with Gasteiger partial charge in [0.15, 0.2) is 5.75 Å². The van der Waals surface area contributed by atoms with E-state index in [9.17, 15) is 18.4 Å². The van der Waals surface area contributed by atoms with Gasteiger partial charge >= 0.3 is 18.0 Å². The molecule has 0 atom stereocenters. The molecule has 7 nitrogen and oxygen atoms in total. The molecule has 1 aromatic carbocycles. The number of ether oxygens (including phenoxy) is 2.